The van der Waals surface area contributed by atoms with E-state index < -0.39 is 18.0 Å². The Kier molecular flexibility index (Phi) is 5.09. The van der Waals surface area contributed by atoms with E-state index in [9.17, 15) is 14.7 Å². The molecule has 0 aliphatic heterocycles. The van der Waals surface area contributed by atoms with Crippen molar-refractivity contribution in [1.29, 1.82) is 0 Å². The molecule has 3 aromatic rings. The summed E-state index contributed by atoms with van der Waals surface area (Å²) in [5.74, 6) is -0.701. The second-order valence-electron chi connectivity index (χ2n) is 5.60. The number of hydrogen-bond acceptors (Lipinski definition) is 6. The number of fused-ring (bicyclic) bond motifs is 1. The SMILES string of the molecule is C[C@@H](OC(=O)Cc1coc2cc(O)ccc12)C(=O)Nc1ccc(Cl)cn1. The molecule has 0 fully saturated rings. The number of furan rings is 1. The van der Waals surface area contributed by atoms with Crippen molar-refractivity contribution < 1.29 is 23.8 Å². The van der Waals surface area contributed by atoms with Gasteiger partial charge in [0.1, 0.15) is 17.2 Å². The smallest absolute Gasteiger partial charge is 0.311 e. The predicted octanol–water partition coefficient (Wildman–Crippen LogP) is 3.30. The van der Waals surface area contributed by atoms with Gasteiger partial charge >= 0.3 is 5.97 Å². The molecule has 3 rings (SSSR count). The number of aromatic hydroxyl groups is 1. The van der Waals surface area contributed by atoms with E-state index in [1.165, 1.54) is 31.5 Å². The highest BCUT2D eigenvalue weighted by molar-refractivity contribution is 6.30. The highest BCUT2D eigenvalue weighted by Gasteiger charge is 2.20. The molecule has 0 saturated carbocycles. The molecule has 0 unspecified atom stereocenters. The lowest BCUT2D eigenvalue weighted by molar-refractivity contribution is -0.152. The third-order valence-electron chi connectivity index (χ3n) is 3.63. The van der Waals surface area contributed by atoms with Crippen molar-refractivity contribution in [2.75, 3.05) is 5.32 Å². The van der Waals surface area contributed by atoms with Gasteiger partial charge in [0.25, 0.3) is 5.91 Å². The molecule has 2 aromatic heterocycles. The van der Waals surface area contributed by atoms with E-state index in [1.54, 1.807) is 18.2 Å². The molecule has 2 N–H and O–H groups in total. The van der Waals surface area contributed by atoms with Gasteiger partial charge in [0.05, 0.1) is 17.7 Å². The Morgan fingerprint density at radius 2 is 2.15 bits per heavy atom. The highest BCUT2D eigenvalue weighted by atomic mass is 35.5. The largest absolute Gasteiger partial charge is 0.508 e. The number of aromatic nitrogens is 1. The first-order chi connectivity index (χ1) is 12.4. The molecule has 0 spiro atoms. The summed E-state index contributed by atoms with van der Waals surface area (Å²) >= 11 is 5.73. The van der Waals surface area contributed by atoms with Crippen LogP contribution in [0.1, 0.15) is 12.5 Å². The number of phenolic OH excluding ortho intramolecular Hbond substituents is 1. The van der Waals surface area contributed by atoms with Crippen LogP contribution in [0.4, 0.5) is 5.82 Å². The minimum absolute atomic E-state index is 0.0609. The summed E-state index contributed by atoms with van der Waals surface area (Å²) in [7, 11) is 0. The number of hydrogen-bond donors (Lipinski definition) is 2. The Hall–Kier alpha value is -3.06. The van der Waals surface area contributed by atoms with E-state index >= 15 is 0 Å². The molecule has 0 bridgehead atoms. The molecule has 1 amide bonds. The topological polar surface area (TPSA) is 102 Å². The summed E-state index contributed by atoms with van der Waals surface area (Å²) in [5.41, 5.74) is 1.07. The van der Waals surface area contributed by atoms with Gasteiger partial charge in [-0.2, -0.15) is 0 Å². The minimum Gasteiger partial charge on any atom is -0.508 e. The van der Waals surface area contributed by atoms with Gasteiger partial charge in [-0.1, -0.05) is 11.6 Å². The number of anilines is 1. The number of rotatable bonds is 5. The maximum absolute atomic E-state index is 12.1. The molecule has 2 heterocycles. The summed E-state index contributed by atoms with van der Waals surface area (Å²) < 4.78 is 10.5. The van der Waals surface area contributed by atoms with Crippen LogP contribution in [0.15, 0.2) is 47.2 Å². The molecule has 134 valence electrons. The fourth-order valence-corrected chi connectivity index (χ4v) is 2.45. The molecule has 0 saturated heterocycles. The number of esters is 1. The minimum atomic E-state index is -0.998. The number of halogens is 1. The number of pyridine rings is 1. The normalized spacial score (nSPS) is 11.9. The molecular formula is C18H15ClN2O5. The molecule has 1 atom stereocenters. The Morgan fingerprint density at radius 1 is 1.35 bits per heavy atom. The molecule has 0 radical (unpaired) electrons. The van der Waals surface area contributed by atoms with Crippen molar-refractivity contribution in [1.82, 2.24) is 4.98 Å². The third kappa shape index (κ3) is 4.12. The second kappa shape index (κ2) is 7.45. The van der Waals surface area contributed by atoms with E-state index in [2.05, 4.69) is 10.3 Å². The number of carbonyl (C=O) groups is 2. The third-order valence-corrected chi connectivity index (χ3v) is 3.85. The van der Waals surface area contributed by atoms with E-state index in [0.717, 1.165) is 0 Å². The fraction of sp³-hybridized carbons (Fsp3) is 0.167. The van der Waals surface area contributed by atoms with Crippen LogP contribution < -0.4 is 5.32 Å². The van der Waals surface area contributed by atoms with Crippen LogP contribution in [-0.4, -0.2) is 28.1 Å². The summed E-state index contributed by atoms with van der Waals surface area (Å²) in [4.78, 5) is 28.1. The Bertz CT molecular complexity index is 952. The first kappa shape index (κ1) is 17.8. The quantitative estimate of drug-likeness (QED) is 0.664. The molecule has 7 nitrogen and oxygen atoms in total. The van der Waals surface area contributed by atoms with Crippen molar-refractivity contribution >= 4 is 40.3 Å². The molecular weight excluding hydrogens is 360 g/mol. The van der Waals surface area contributed by atoms with Gasteiger partial charge < -0.3 is 19.6 Å². The van der Waals surface area contributed by atoms with Crippen LogP contribution >= 0.6 is 11.6 Å². The van der Waals surface area contributed by atoms with E-state index in [1.807, 2.05) is 0 Å². The second-order valence-corrected chi connectivity index (χ2v) is 6.04. The zero-order valence-electron chi connectivity index (χ0n) is 13.7. The van der Waals surface area contributed by atoms with Crippen molar-refractivity contribution in [3.05, 3.63) is 53.4 Å². The Morgan fingerprint density at radius 3 is 2.88 bits per heavy atom. The Balaban J connectivity index is 1.59. The zero-order chi connectivity index (χ0) is 18.7. The molecule has 0 aliphatic rings. The average Bonchev–Trinajstić information content (AvgIpc) is 2.98. The van der Waals surface area contributed by atoms with Crippen molar-refractivity contribution in [3.63, 3.8) is 0 Å². The summed E-state index contributed by atoms with van der Waals surface area (Å²) in [5, 5.41) is 13.1. The number of phenols is 1. The van der Waals surface area contributed by atoms with Crippen LogP contribution in [0.3, 0.4) is 0 Å². The summed E-state index contributed by atoms with van der Waals surface area (Å²) in [6, 6.07) is 7.74. The van der Waals surface area contributed by atoms with Crippen LogP contribution in [-0.2, 0) is 20.7 Å². The van der Waals surface area contributed by atoms with Crippen LogP contribution in [0.5, 0.6) is 5.75 Å². The van der Waals surface area contributed by atoms with Gasteiger partial charge in [0.2, 0.25) is 0 Å². The van der Waals surface area contributed by atoms with Gasteiger partial charge in [-0.25, -0.2) is 4.98 Å². The highest BCUT2D eigenvalue weighted by Crippen LogP contribution is 2.25. The van der Waals surface area contributed by atoms with Crippen LogP contribution in [0.25, 0.3) is 11.0 Å². The number of amides is 1. The molecule has 8 heteroatoms. The number of ether oxygens (including phenoxy) is 1. The van der Waals surface area contributed by atoms with E-state index in [0.29, 0.717) is 27.4 Å². The first-order valence-electron chi connectivity index (χ1n) is 7.73. The number of nitrogens with one attached hydrogen (secondary N) is 1. The van der Waals surface area contributed by atoms with Gasteiger partial charge in [-0.3, -0.25) is 9.59 Å². The molecule has 26 heavy (non-hydrogen) atoms. The van der Waals surface area contributed by atoms with Gasteiger partial charge in [-0.15, -0.1) is 0 Å². The predicted molar refractivity (Wildman–Crippen MR) is 95.0 cm³/mol. The van der Waals surface area contributed by atoms with Gasteiger partial charge in [-0.05, 0) is 31.2 Å². The lowest BCUT2D eigenvalue weighted by Crippen LogP contribution is -2.30. The number of nitrogens with zero attached hydrogens (tertiary/aromatic N) is 1. The van der Waals surface area contributed by atoms with Gasteiger partial charge in [0.15, 0.2) is 6.10 Å². The Labute approximate surface area is 153 Å². The summed E-state index contributed by atoms with van der Waals surface area (Å²) in [6.45, 7) is 1.47. The lowest BCUT2D eigenvalue weighted by Gasteiger charge is -2.13. The first-order valence-corrected chi connectivity index (χ1v) is 8.11. The van der Waals surface area contributed by atoms with Crippen molar-refractivity contribution in [2.24, 2.45) is 0 Å². The number of benzene rings is 1. The van der Waals surface area contributed by atoms with Crippen molar-refractivity contribution in [3.8, 4) is 5.75 Å². The molecule has 0 aliphatic carbocycles. The van der Waals surface area contributed by atoms with E-state index in [-0.39, 0.29) is 12.2 Å². The molecule has 1 aromatic carbocycles. The lowest BCUT2D eigenvalue weighted by atomic mass is 10.1. The van der Waals surface area contributed by atoms with E-state index in [4.69, 9.17) is 20.8 Å². The van der Waals surface area contributed by atoms with Crippen LogP contribution in [0.2, 0.25) is 5.02 Å². The maximum Gasteiger partial charge on any atom is 0.311 e. The standard InChI is InChI=1S/C18H15ClN2O5/c1-10(18(24)21-16-5-2-12(19)8-20-16)26-17(23)6-11-9-25-15-7-13(22)3-4-14(11)15/h2-5,7-10,22H,6H2,1H3,(H,20,21,24)/t10-/m1/s1. The zero-order valence-corrected chi connectivity index (χ0v) is 14.5. The summed E-state index contributed by atoms with van der Waals surface area (Å²) in [6.07, 6.45) is 1.76. The van der Waals surface area contributed by atoms with Crippen molar-refractivity contribution in [2.45, 2.75) is 19.4 Å². The monoisotopic (exact) mass is 374 g/mol. The fourth-order valence-electron chi connectivity index (χ4n) is 2.33. The van der Waals surface area contributed by atoms with Crippen LogP contribution in [0, 0.1) is 0 Å². The average molecular weight is 375 g/mol. The maximum atomic E-state index is 12.1. The number of carbonyl (C=O) groups excluding carboxylic acids is 2. The van der Waals surface area contributed by atoms with Gasteiger partial charge in [0, 0.05) is 23.2 Å².